The Morgan fingerprint density at radius 2 is 2.25 bits per heavy atom. The summed E-state index contributed by atoms with van der Waals surface area (Å²) >= 11 is 1.40. The molecule has 0 saturated carbocycles. The zero-order valence-corrected chi connectivity index (χ0v) is 13.1. The van der Waals surface area contributed by atoms with Crippen LogP contribution in [-0.4, -0.2) is 43.2 Å². The SMILES string of the molecule is CCNC(C)(CC(C)Sc1n[nH]c(=O)n1CC)C(=O)O. The lowest BCUT2D eigenvalue weighted by molar-refractivity contribution is -0.144. The Labute approximate surface area is 122 Å². The highest BCUT2D eigenvalue weighted by Gasteiger charge is 2.34. The van der Waals surface area contributed by atoms with Crippen LogP contribution in [0.15, 0.2) is 9.95 Å². The van der Waals surface area contributed by atoms with E-state index in [9.17, 15) is 14.7 Å². The molecule has 1 aromatic rings. The van der Waals surface area contributed by atoms with Gasteiger partial charge in [0.1, 0.15) is 5.54 Å². The molecule has 0 radical (unpaired) electrons. The van der Waals surface area contributed by atoms with Crippen molar-refractivity contribution in [3.05, 3.63) is 10.5 Å². The number of carboxylic acids is 1. The summed E-state index contributed by atoms with van der Waals surface area (Å²) in [6.45, 7) is 8.47. The zero-order chi connectivity index (χ0) is 15.3. The molecule has 2 unspecified atom stereocenters. The topological polar surface area (TPSA) is 100 Å². The molecule has 0 fully saturated rings. The maximum Gasteiger partial charge on any atom is 0.343 e. The maximum atomic E-state index is 11.5. The summed E-state index contributed by atoms with van der Waals surface area (Å²) in [6, 6.07) is 0. The van der Waals surface area contributed by atoms with Gasteiger partial charge >= 0.3 is 11.7 Å². The molecule has 0 aliphatic heterocycles. The number of hydrogen-bond donors (Lipinski definition) is 3. The molecule has 0 aliphatic rings. The number of nitrogens with zero attached hydrogens (tertiary/aromatic N) is 2. The third-order valence-corrected chi connectivity index (χ3v) is 4.17. The molecule has 0 amide bonds. The molecular weight excluding hydrogens is 280 g/mol. The van der Waals surface area contributed by atoms with E-state index < -0.39 is 11.5 Å². The number of hydrogen-bond acceptors (Lipinski definition) is 5. The third kappa shape index (κ3) is 3.86. The third-order valence-electron chi connectivity index (χ3n) is 3.08. The van der Waals surface area contributed by atoms with Crippen LogP contribution in [0.2, 0.25) is 0 Å². The van der Waals surface area contributed by atoms with Crippen molar-refractivity contribution in [2.24, 2.45) is 0 Å². The summed E-state index contributed by atoms with van der Waals surface area (Å²) in [7, 11) is 0. The fourth-order valence-corrected chi connectivity index (χ4v) is 3.31. The van der Waals surface area contributed by atoms with Gasteiger partial charge in [-0.1, -0.05) is 25.6 Å². The minimum Gasteiger partial charge on any atom is -0.480 e. The van der Waals surface area contributed by atoms with Gasteiger partial charge in [0, 0.05) is 11.8 Å². The predicted octanol–water partition coefficient (Wildman–Crippen LogP) is 0.915. The second-order valence-electron chi connectivity index (χ2n) is 4.86. The Morgan fingerprint density at radius 1 is 1.60 bits per heavy atom. The smallest absolute Gasteiger partial charge is 0.343 e. The molecule has 8 heteroatoms. The molecule has 2 atom stereocenters. The van der Waals surface area contributed by atoms with Gasteiger partial charge < -0.3 is 10.4 Å². The van der Waals surface area contributed by atoms with E-state index in [0.29, 0.717) is 24.7 Å². The number of thioether (sulfide) groups is 1. The molecule has 20 heavy (non-hydrogen) atoms. The van der Waals surface area contributed by atoms with Crippen molar-refractivity contribution < 1.29 is 9.90 Å². The van der Waals surface area contributed by atoms with E-state index >= 15 is 0 Å². The Hall–Kier alpha value is -1.28. The van der Waals surface area contributed by atoms with E-state index in [1.54, 1.807) is 6.92 Å². The van der Waals surface area contributed by atoms with Crippen molar-refractivity contribution in [2.45, 2.75) is 56.6 Å². The van der Waals surface area contributed by atoms with Crippen LogP contribution in [0.1, 0.15) is 34.1 Å². The van der Waals surface area contributed by atoms with Gasteiger partial charge in [-0.15, -0.1) is 5.10 Å². The standard InChI is InChI=1S/C12H22N4O3S/c1-5-13-12(4,9(17)18)7-8(3)20-11-15-14-10(19)16(11)6-2/h8,13H,5-7H2,1-4H3,(H,14,19)(H,17,18). The Kier molecular flexibility index (Phi) is 5.82. The van der Waals surface area contributed by atoms with Crippen molar-refractivity contribution in [1.29, 1.82) is 0 Å². The van der Waals surface area contributed by atoms with E-state index in [1.165, 1.54) is 16.3 Å². The van der Waals surface area contributed by atoms with E-state index in [4.69, 9.17) is 0 Å². The summed E-state index contributed by atoms with van der Waals surface area (Å²) in [5.41, 5.74) is -1.22. The summed E-state index contributed by atoms with van der Waals surface area (Å²) < 4.78 is 1.53. The van der Waals surface area contributed by atoms with Crippen molar-refractivity contribution >= 4 is 17.7 Å². The van der Waals surface area contributed by atoms with Crippen LogP contribution in [0, 0.1) is 0 Å². The zero-order valence-electron chi connectivity index (χ0n) is 12.3. The van der Waals surface area contributed by atoms with Crippen LogP contribution in [0.25, 0.3) is 0 Å². The van der Waals surface area contributed by atoms with Crippen molar-refractivity contribution in [3.8, 4) is 0 Å². The van der Waals surface area contributed by atoms with Gasteiger partial charge in [-0.25, -0.2) is 9.89 Å². The van der Waals surface area contributed by atoms with E-state index in [2.05, 4.69) is 15.5 Å². The Balaban J connectivity index is 2.78. The van der Waals surface area contributed by atoms with Gasteiger partial charge in [0.2, 0.25) is 0 Å². The van der Waals surface area contributed by atoms with Crippen LogP contribution in [0.5, 0.6) is 0 Å². The van der Waals surface area contributed by atoms with Crippen molar-refractivity contribution in [2.75, 3.05) is 6.54 Å². The highest BCUT2D eigenvalue weighted by molar-refractivity contribution is 7.99. The number of rotatable bonds is 8. The number of nitrogens with one attached hydrogen (secondary N) is 2. The molecule has 0 aromatic carbocycles. The largest absolute Gasteiger partial charge is 0.480 e. The molecule has 114 valence electrons. The van der Waals surface area contributed by atoms with Crippen molar-refractivity contribution in [1.82, 2.24) is 20.1 Å². The molecule has 1 heterocycles. The molecule has 1 aromatic heterocycles. The van der Waals surface area contributed by atoms with E-state index in [0.717, 1.165) is 0 Å². The first-order valence-corrected chi connectivity index (χ1v) is 7.52. The van der Waals surface area contributed by atoms with Crippen LogP contribution in [-0.2, 0) is 11.3 Å². The second-order valence-corrected chi connectivity index (χ2v) is 6.26. The minimum absolute atomic E-state index is 0.00986. The number of aromatic amines is 1. The molecule has 0 aliphatic carbocycles. The summed E-state index contributed by atoms with van der Waals surface area (Å²) in [5.74, 6) is -0.873. The summed E-state index contributed by atoms with van der Waals surface area (Å²) in [6.07, 6.45) is 0.436. The lowest BCUT2D eigenvalue weighted by Gasteiger charge is -2.28. The monoisotopic (exact) mass is 302 g/mol. The minimum atomic E-state index is -0.977. The number of aliphatic carboxylic acids is 1. The van der Waals surface area contributed by atoms with Gasteiger partial charge in [-0.2, -0.15) is 0 Å². The molecule has 3 N–H and O–H groups in total. The number of aromatic nitrogens is 3. The number of H-pyrrole nitrogens is 1. The van der Waals surface area contributed by atoms with Crippen LogP contribution in [0.3, 0.4) is 0 Å². The maximum absolute atomic E-state index is 11.5. The first kappa shape index (κ1) is 16.8. The quantitative estimate of drug-likeness (QED) is 0.617. The van der Waals surface area contributed by atoms with Gasteiger partial charge in [0.05, 0.1) is 0 Å². The molecule has 0 saturated heterocycles. The average molecular weight is 302 g/mol. The fraction of sp³-hybridized carbons (Fsp3) is 0.750. The van der Waals surface area contributed by atoms with Gasteiger partial charge in [0.15, 0.2) is 5.16 Å². The number of carboxylic acid groups (broad SMARTS) is 1. The fourth-order valence-electron chi connectivity index (χ4n) is 2.09. The first-order valence-electron chi connectivity index (χ1n) is 6.64. The summed E-state index contributed by atoms with van der Waals surface area (Å²) in [4.78, 5) is 22.9. The molecule has 1 rings (SSSR count). The second kappa shape index (κ2) is 6.94. The summed E-state index contributed by atoms with van der Waals surface area (Å²) in [5, 5.41) is 19.3. The van der Waals surface area contributed by atoms with Crippen LogP contribution < -0.4 is 11.0 Å². The van der Waals surface area contributed by atoms with Crippen LogP contribution in [0.4, 0.5) is 0 Å². The van der Waals surface area contributed by atoms with Gasteiger partial charge in [0.25, 0.3) is 0 Å². The van der Waals surface area contributed by atoms with E-state index in [-0.39, 0.29) is 10.9 Å². The first-order chi connectivity index (χ1) is 9.34. The number of likely N-dealkylation sites (N-methyl/N-ethyl adjacent to an activating group) is 1. The van der Waals surface area contributed by atoms with Crippen molar-refractivity contribution in [3.63, 3.8) is 0 Å². The average Bonchev–Trinajstić information content (AvgIpc) is 2.69. The molecule has 0 spiro atoms. The Bertz CT molecular complexity index is 513. The van der Waals surface area contributed by atoms with Gasteiger partial charge in [-0.3, -0.25) is 9.36 Å². The normalized spacial score (nSPS) is 15.8. The lowest BCUT2D eigenvalue weighted by atomic mass is 9.96. The lowest BCUT2D eigenvalue weighted by Crippen LogP contribution is -2.50. The molecular formula is C12H22N4O3S. The van der Waals surface area contributed by atoms with Gasteiger partial charge in [-0.05, 0) is 26.8 Å². The predicted molar refractivity (Wildman–Crippen MR) is 78.2 cm³/mol. The molecule has 0 bridgehead atoms. The molecule has 7 nitrogen and oxygen atoms in total. The van der Waals surface area contributed by atoms with Crippen LogP contribution >= 0.6 is 11.8 Å². The Morgan fingerprint density at radius 3 is 2.75 bits per heavy atom. The highest BCUT2D eigenvalue weighted by Crippen LogP contribution is 2.27. The highest BCUT2D eigenvalue weighted by atomic mass is 32.2. The number of carbonyl (C=O) groups is 1. The van der Waals surface area contributed by atoms with E-state index in [1.807, 2.05) is 20.8 Å².